The summed E-state index contributed by atoms with van der Waals surface area (Å²) in [6, 6.07) is 8.17. The van der Waals surface area contributed by atoms with Gasteiger partial charge in [0.2, 0.25) is 17.7 Å². The first-order valence-corrected chi connectivity index (χ1v) is 15.1. The lowest BCUT2D eigenvalue weighted by Gasteiger charge is -2.43. The summed E-state index contributed by atoms with van der Waals surface area (Å²) in [4.78, 5) is 48.4. The van der Waals surface area contributed by atoms with E-state index in [-0.39, 0.29) is 41.5 Å². The molecule has 3 fully saturated rings. The first-order chi connectivity index (χ1) is 18.7. The number of likely N-dealkylation sites (tertiary alicyclic amines) is 1. The van der Waals surface area contributed by atoms with Crippen LogP contribution in [-0.2, 0) is 14.4 Å². The molecule has 3 amide bonds. The van der Waals surface area contributed by atoms with Gasteiger partial charge in [0.05, 0.1) is 29.2 Å². The Balaban J connectivity index is 1.80. The van der Waals surface area contributed by atoms with Crippen LogP contribution in [0.25, 0.3) is 0 Å². The second-order valence-corrected chi connectivity index (χ2v) is 12.9. The van der Waals surface area contributed by atoms with Gasteiger partial charge in [-0.2, -0.15) is 0 Å². The monoisotopic (exact) mass is 553 g/mol. The maximum absolute atomic E-state index is 14.5. The highest BCUT2D eigenvalue weighted by molar-refractivity contribution is 8.02. The zero-order chi connectivity index (χ0) is 28.5. The zero-order valence-electron chi connectivity index (χ0n) is 23.7. The van der Waals surface area contributed by atoms with Crippen LogP contribution in [0.3, 0.4) is 0 Å². The van der Waals surface area contributed by atoms with Gasteiger partial charge in [0.15, 0.2) is 0 Å². The lowest BCUT2D eigenvalue weighted by Crippen LogP contribution is -2.60. The molecule has 4 rings (SSSR count). The van der Waals surface area contributed by atoms with Crippen molar-refractivity contribution in [3.05, 3.63) is 55.6 Å². The largest absolute Gasteiger partial charge is 0.394 e. The van der Waals surface area contributed by atoms with E-state index in [1.807, 2.05) is 42.2 Å². The van der Waals surface area contributed by atoms with Crippen molar-refractivity contribution in [1.82, 2.24) is 9.80 Å². The van der Waals surface area contributed by atoms with Crippen LogP contribution in [0, 0.1) is 17.8 Å². The summed E-state index contributed by atoms with van der Waals surface area (Å²) >= 11 is 1.67. The van der Waals surface area contributed by atoms with Gasteiger partial charge in [0.1, 0.15) is 6.04 Å². The Morgan fingerprint density at radius 1 is 1.18 bits per heavy atom. The molecule has 8 atom stereocenters. The summed E-state index contributed by atoms with van der Waals surface area (Å²) < 4.78 is -0.732. The van der Waals surface area contributed by atoms with E-state index < -0.39 is 28.7 Å². The summed E-state index contributed by atoms with van der Waals surface area (Å²) in [5.41, 5.74) is 0.765. The summed E-state index contributed by atoms with van der Waals surface area (Å²) in [6.45, 7) is 16.3. The Hall–Kier alpha value is -2.58. The molecule has 0 radical (unpaired) electrons. The van der Waals surface area contributed by atoms with Gasteiger partial charge in [-0.15, -0.1) is 24.9 Å². The van der Waals surface area contributed by atoms with Gasteiger partial charge in [-0.25, -0.2) is 0 Å². The Morgan fingerprint density at radius 2 is 1.85 bits per heavy atom. The molecular formula is C31H43N3O4S. The minimum Gasteiger partial charge on any atom is -0.394 e. The lowest BCUT2D eigenvalue weighted by atomic mass is 9.65. The van der Waals surface area contributed by atoms with Gasteiger partial charge >= 0.3 is 0 Å². The molecule has 4 unspecified atom stereocenters. The number of hydrogen-bond donors (Lipinski definition) is 1. The molecule has 39 heavy (non-hydrogen) atoms. The molecule has 212 valence electrons. The maximum Gasteiger partial charge on any atom is 0.247 e. The second-order valence-electron chi connectivity index (χ2n) is 11.3. The molecule has 1 spiro atoms. The fourth-order valence-corrected chi connectivity index (χ4v) is 9.58. The van der Waals surface area contributed by atoms with Gasteiger partial charge in [-0.05, 0) is 44.7 Å². The van der Waals surface area contributed by atoms with Crippen LogP contribution in [0.4, 0.5) is 5.69 Å². The number of para-hydroxylation sites is 1. The molecule has 2 bridgehead atoms. The molecule has 7 nitrogen and oxygen atoms in total. The first-order valence-electron chi connectivity index (χ1n) is 14.2. The number of anilines is 1. The van der Waals surface area contributed by atoms with Gasteiger partial charge in [0.25, 0.3) is 0 Å². The fraction of sp³-hybridized carbons (Fsp3) is 0.581. The average Bonchev–Trinajstić information content (AvgIpc) is 3.53. The Morgan fingerprint density at radius 3 is 2.44 bits per heavy atom. The van der Waals surface area contributed by atoms with Gasteiger partial charge in [0, 0.05) is 30.1 Å². The average molecular weight is 554 g/mol. The normalized spacial score (nSPS) is 30.5. The minimum atomic E-state index is -0.746. The number of carbonyl (C=O) groups excluding carboxylic acids is 3. The van der Waals surface area contributed by atoms with Crippen molar-refractivity contribution in [1.29, 1.82) is 0 Å². The van der Waals surface area contributed by atoms with E-state index in [1.165, 1.54) is 0 Å². The van der Waals surface area contributed by atoms with Gasteiger partial charge in [-0.3, -0.25) is 14.4 Å². The fourth-order valence-electron chi connectivity index (χ4n) is 7.18. The molecule has 0 saturated carbocycles. The van der Waals surface area contributed by atoms with Crippen molar-refractivity contribution in [2.24, 2.45) is 17.8 Å². The second kappa shape index (κ2) is 11.9. The summed E-state index contributed by atoms with van der Waals surface area (Å²) in [5.74, 6) is -1.51. The Labute approximate surface area is 237 Å². The van der Waals surface area contributed by atoms with E-state index >= 15 is 0 Å². The first kappa shape index (κ1) is 29.4. The molecule has 3 aliphatic heterocycles. The van der Waals surface area contributed by atoms with E-state index in [9.17, 15) is 19.5 Å². The maximum atomic E-state index is 14.5. The van der Waals surface area contributed by atoms with Crippen LogP contribution in [0.1, 0.15) is 47.0 Å². The highest BCUT2D eigenvalue weighted by Gasteiger charge is 2.76. The molecule has 3 saturated heterocycles. The zero-order valence-corrected chi connectivity index (χ0v) is 24.5. The van der Waals surface area contributed by atoms with Crippen molar-refractivity contribution in [3.8, 4) is 0 Å². The van der Waals surface area contributed by atoms with Gasteiger partial charge in [-0.1, -0.05) is 50.6 Å². The van der Waals surface area contributed by atoms with Crippen molar-refractivity contribution < 1.29 is 19.5 Å². The van der Waals surface area contributed by atoms with E-state index in [4.69, 9.17) is 0 Å². The van der Waals surface area contributed by atoms with Crippen LogP contribution >= 0.6 is 11.8 Å². The number of carbonyl (C=O) groups is 3. The number of thioether (sulfide) groups is 1. The molecule has 1 aromatic rings. The number of amides is 3. The number of nitrogens with zero attached hydrogens (tertiary/aromatic N) is 3. The van der Waals surface area contributed by atoms with Gasteiger partial charge < -0.3 is 19.8 Å². The lowest BCUT2D eigenvalue weighted by molar-refractivity contribution is -0.146. The third-order valence-corrected chi connectivity index (χ3v) is 11.0. The smallest absolute Gasteiger partial charge is 0.247 e. The Bertz CT molecular complexity index is 1100. The van der Waals surface area contributed by atoms with Crippen LogP contribution in [0.2, 0.25) is 0 Å². The Kier molecular flexibility index (Phi) is 8.96. The van der Waals surface area contributed by atoms with Crippen molar-refractivity contribution in [2.45, 2.75) is 75.1 Å². The van der Waals surface area contributed by atoms with Crippen molar-refractivity contribution in [3.63, 3.8) is 0 Å². The van der Waals surface area contributed by atoms with E-state index in [0.29, 0.717) is 13.1 Å². The molecule has 0 aromatic heterocycles. The third kappa shape index (κ3) is 4.73. The van der Waals surface area contributed by atoms with Crippen LogP contribution < -0.4 is 4.90 Å². The van der Waals surface area contributed by atoms with Crippen LogP contribution in [-0.4, -0.2) is 80.4 Å². The number of aliphatic hydroxyl groups excluding tert-OH is 1. The molecular weight excluding hydrogens is 510 g/mol. The number of rotatable bonds is 12. The number of fused-ring (bicyclic) bond motifs is 1. The number of hydrogen-bond acceptors (Lipinski definition) is 5. The van der Waals surface area contributed by atoms with E-state index in [1.54, 1.807) is 40.6 Å². The minimum absolute atomic E-state index is 0.0187. The topological polar surface area (TPSA) is 81.2 Å². The summed E-state index contributed by atoms with van der Waals surface area (Å²) in [6.07, 6.45) is 5.97. The van der Waals surface area contributed by atoms with E-state index in [0.717, 1.165) is 24.9 Å². The molecule has 8 heteroatoms. The SMILES string of the molecule is C=CCN(C(=O)[C@@H]1[C@H]2C(=O)N([C@H](C)CO)C(C(=O)N(CC=C)C(C)CCC)C23S[C@@H]1CC3C)c1ccccc1. The molecule has 3 aliphatic rings. The molecule has 1 aromatic carbocycles. The van der Waals surface area contributed by atoms with Crippen molar-refractivity contribution in [2.75, 3.05) is 24.6 Å². The van der Waals surface area contributed by atoms with Crippen LogP contribution in [0.5, 0.6) is 0 Å². The molecule has 3 heterocycles. The number of benzene rings is 1. The molecule has 1 N–H and O–H groups in total. The predicted octanol–water partition coefficient (Wildman–Crippen LogP) is 4.13. The van der Waals surface area contributed by atoms with E-state index in [2.05, 4.69) is 27.0 Å². The predicted molar refractivity (Wildman–Crippen MR) is 157 cm³/mol. The summed E-state index contributed by atoms with van der Waals surface area (Å²) in [7, 11) is 0. The van der Waals surface area contributed by atoms with Crippen LogP contribution in [0.15, 0.2) is 55.6 Å². The standard InChI is InChI=1S/C31H43N3O4S/c1-7-13-21(5)32(16-8-2)30(38)27-31-20(4)18-24(39-31)25(26(31)29(37)34(27)22(6)19-35)28(36)33(17-9-3)23-14-11-10-12-15-23/h8-12,14-15,20-22,24-27,35H,2-3,7,13,16-19H2,1,4-6H3/t20?,21?,22-,24-,25+,26+,27?,31?/m1/s1. The summed E-state index contributed by atoms with van der Waals surface area (Å²) in [5, 5.41) is 10.1. The highest BCUT2D eigenvalue weighted by atomic mass is 32.2. The third-order valence-electron chi connectivity index (χ3n) is 8.93. The molecule has 0 aliphatic carbocycles. The highest BCUT2D eigenvalue weighted by Crippen LogP contribution is 2.69. The number of aliphatic hydroxyl groups is 1. The van der Waals surface area contributed by atoms with Crippen molar-refractivity contribution >= 4 is 35.2 Å². The quantitative estimate of drug-likeness (QED) is 0.394.